The highest BCUT2D eigenvalue weighted by Crippen LogP contribution is 2.46. The molecule has 3 rings (SSSR count). The number of carbonyl (C=O) groups excluding carboxylic acids is 1. The van der Waals surface area contributed by atoms with E-state index in [0.29, 0.717) is 16.6 Å². The van der Waals surface area contributed by atoms with Crippen molar-refractivity contribution in [3.8, 4) is 0 Å². The molecule has 2 fully saturated rings. The molecular weight excluding hydrogens is 300 g/mol. The van der Waals surface area contributed by atoms with Crippen LogP contribution in [0.2, 0.25) is 0 Å². The van der Waals surface area contributed by atoms with Crippen molar-refractivity contribution in [2.24, 2.45) is 5.92 Å². The Bertz CT molecular complexity index is 529. The molecule has 7 heteroatoms. The van der Waals surface area contributed by atoms with Crippen molar-refractivity contribution < 1.29 is 9.32 Å². The summed E-state index contributed by atoms with van der Waals surface area (Å²) in [5.74, 6) is 1.78. The number of piperidine rings is 1. The van der Waals surface area contributed by atoms with Crippen molar-refractivity contribution in [2.45, 2.75) is 43.8 Å². The van der Waals surface area contributed by atoms with Crippen LogP contribution in [0.4, 0.5) is 4.79 Å². The molecule has 0 spiro atoms. The molecule has 0 radical (unpaired) electrons. The van der Waals surface area contributed by atoms with Gasteiger partial charge in [0.05, 0.1) is 0 Å². The molecule has 0 aromatic carbocycles. The Morgan fingerprint density at radius 2 is 2.36 bits per heavy atom. The first-order chi connectivity index (χ1) is 10.6. The third-order valence-corrected chi connectivity index (χ3v) is 6.07. The molecular formula is C15H24N4O2S. The van der Waals surface area contributed by atoms with Crippen LogP contribution in [-0.2, 0) is 6.42 Å². The van der Waals surface area contributed by atoms with Gasteiger partial charge in [-0.3, -0.25) is 0 Å². The molecule has 6 nitrogen and oxygen atoms in total. The number of rotatable bonds is 5. The fourth-order valence-electron chi connectivity index (χ4n) is 3.04. The first-order valence-corrected chi connectivity index (χ1v) is 9.20. The highest BCUT2D eigenvalue weighted by atomic mass is 32.2. The second-order valence-electron chi connectivity index (χ2n) is 6.43. The first kappa shape index (κ1) is 15.6. The summed E-state index contributed by atoms with van der Waals surface area (Å²) in [4.78, 5) is 18.6. The van der Waals surface area contributed by atoms with Gasteiger partial charge in [0, 0.05) is 37.7 Å². The summed E-state index contributed by atoms with van der Waals surface area (Å²) in [6, 6.07) is 0.0781. The molecule has 0 unspecified atom stereocenters. The van der Waals surface area contributed by atoms with Crippen molar-refractivity contribution in [1.29, 1.82) is 0 Å². The summed E-state index contributed by atoms with van der Waals surface area (Å²) < 4.78 is 5.33. The third-order valence-electron chi connectivity index (χ3n) is 4.65. The maximum absolute atomic E-state index is 12.3. The standard InChI is InChI=1S/C15H24N4O2S/c1-11-17-13(18-21-11)8-12-4-3-7-19(9-12)14(20)16-10-15(22-2)5-6-15/h12H,3-10H2,1-2H3,(H,16,20)/t12-/m0/s1. The molecule has 1 aliphatic carbocycles. The van der Waals surface area contributed by atoms with E-state index < -0.39 is 0 Å². The lowest BCUT2D eigenvalue weighted by Crippen LogP contribution is -2.47. The Kier molecular flexibility index (Phi) is 4.61. The van der Waals surface area contributed by atoms with Crippen LogP contribution in [0.1, 0.15) is 37.4 Å². The van der Waals surface area contributed by atoms with Gasteiger partial charge in [0.25, 0.3) is 0 Å². The van der Waals surface area contributed by atoms with E-state index in [4.69, 9.17) is 4.52 Å². The Labute approximate surface area is 135 Å². The molecule has 2 amide bonds. The van der Waals surface area contributed by atoms with E-state index in [9.17, 15) is 4.79 Å². The molecule has 2 aliphatic rings. The van der Waals surface area contributed by atoms with E-state index in [0.717, 1.165) is 44.7 Å². The molecule has 1 aromatic rings. The van der Waals surface area contributed by atoms with Gasteiger partial charge in [-0.25, -0.2) is 4.79 Å². The zero-order valence-electron chi connectivity index (χ0n) is 13.3. The van der Waals surface area contributed by atoms with E-state index in [2.05, 4.69) is 21.7 Å². The van der Waals surface area contributed by atoms with E-state index >= 15 is 0 Å². The van der Waals surface area contributed by atoms with Crippen LogP contribution in [0.5, 0.6) is 0 Å². The minimum absolute atomic E-state index is 0.0781. The average molecular weight is 324 g/mol. The number of thioether (sulfide) groups is 1. The summed E-state index contributed by atoms with van der Waals surface area (Å²) in [6.07, 6.45) is 7.51. The first-order valence-electron chi connectivity index (χ1n) is 7.97. The average Bonchev–Trinajstić information content (AvgIpc) is 3.21. The number of nitrogens with zero attached hydrogens (tertiary/aromatic N) is 3. The largest absolute Gasteiger partial charge is 0.340 e. The number of hydrogen-bond donors (Lipinski definition) is 1. The summed E-state index contributed by atoms with van der Waals surface area (Å²) >= 11 is 1.87. The number of amides is 2. The number of urea groups is 1. The predicted octanol–water partition coefficient (Wildman–Crippen LogP) is 2.24. The molecule has 1 N–H and O–H groups in total. The maximum atomic E-state index is 12.3. The van der Waals surface area contributed by atoms with Gasteiger partial charge in [-0.05, 0) is 37.9 Å². The van der Waals surface area contributed by atoms with Crippen molar-refractivity contribution >= 4 is 17.8 Å². The van der Waals surface area contributed by atoms with Crippen LogP contribution >= 0.6 is 11.8 Å². The molecule has 1 saturated heterocycles. The highest BCUT2D eigenvalue weighted by Gasteiger charge is 2.42. The lowest BCUT2D eigenvalue weighted by molar-refractivity contribution is 0.164. The SMILES string of the molecule is CSC1(CNC(=O)N2CCC[C@@H](Cc3noc(C)n3)C2)CC1. The van der Waals surface area contributed by atoms with Gasteiger partial charge < -0.3 is 14.7 Å². The maximum Gasteiger partial charge on any atom is 0.317 e. The van der Waals surface area contributed by atoms with Crippen molar-refractivity contribution in [3.63, 3.8) is 0 Å². The van der Waals surface area contributed by atoms with Crippen molar-refractivity contribution in [1.82, 2.24) is 20.4 Å². The Morgan fingerprint density at radius 3 is 3.00 bits per heavy atom. The third kappa shape index (κ3) is 3.74. The van der Waals surface area contributed by atoms with E-state index in [-0.39, 0.29) is 6.03 Å². The van der Waals surface area contributed by atoms with Crippen LogP contribution < -0.4 is 5.32 Å². The fraction of sp³-hybridized carbons (Fsp3) is 0.800. The molecule has 1 aliphatic heterocycles. The van der Waals surface area contributed by atoms with Crippen LogP contribution in [0, 0.1) is 12.8 Å². The van der Waals surface area contributed by atoms with Gasteiger partial charge >= 0.3 is 6.03 Å². The second-order valence-corrected chi connectivity index (χ2v) is 7.71. The molecule has 0 bridgehead atoms. The Balaban J connectivity index is 1.48. The second kappa shape index (κ2) is 6.48. The van der Waals surface area contributed by atoms with Crippen molar-refractivity contribution in [2.75, 3.05) is 25.9 Å². The molecule has 2 heterocycles. The number of aromatic nitrogens is 2. The summed E-state index contributed by atoms with van der Waals surface area (Å²) in [5.41, 5.74) is 0. The molecule has 22 heavy (non-hydrogen) atoms. The van der Waals surface area contributed by atoms with Crippen LogP contribution in [-0.4, -0.2) is 51.7 Å². The zero-order valence-corrected chi connectivity index (χ0v) is 14.1. The monoisotopic (exact) mass is 324 g/mol. The van der Waals surface area contributed by atoms with Crippen LogP contribution in [0.3, 0.4) is 0 Å². The minimum Gasteiger partial charge on any atom is -0.340 e. The zero-order chi connectivity index (χ0) is 15.6. The van der Waals surface area contributed by atoms with Gasteiger partial charge in [0.2, 0.25) is 5.89 Å². The molecule has 122 valence electrons. The fourth-order valence-corrected chi connectivity index (χ4v) is 3.77. The van der Waals surface area contributed by atoms with Crippen LogP contribution in [0.15, 0.2) is 4.52 Å². The summed E-state index contributed by atoms with van der Waals surface area (Å²) in [6.45, 7) is 4.22. The number of carbonyl (C=O) groups is 1. The van der Waals surface area contributed by atoms with E-state index in [1.165, 1.54) is 12.8 Å². The van der Waals surface area contributed by atoms with Crippen molar-refractivity contribution in [3.05, 3.63) is 11.7 Å². The molecule has 1 aromatic heterocycles. The van der Waals surface area contributed by atoms with Gasteiger partial charge in [0.1, 0.15) is 0 Å². The molecule has 1 saturated carbocycles. The predicted molar refractivity (Wildman–Crippen MR) is 85.9 cm³/mol. The van der Waals surface area contributed by atoms with Crippen LogP contribution in [0.25, 0.3) is 0 Å². The van der Waals surface area contributed by atoms with Gasteiger partial charge in [-0.2, -0.15) is 16.7 Å². The molecule has 1 atom stereocenters. The summed E-state index contributed by atoms with van der Waals surface area (Å²) in [7, 11) is 0. The number of hydrogen-bond acceptors (Lipinski definition) is 5. The summed E-state index contributed by atoms with van der Waals surface area (Å²) in [5, 5.41) is 7.07. The Hall–Kier alpha value is -1.24. The smallest absolute Gasteiger partial charge is 0.317 e. The minimum atomic E-state index is 0.0781. The number of aryl methyl sites for hydroxylation is 1. The topological polar surface area (TPSA) is 71.3 Å². The Morgan fingerprint density at radius 1 is 1.55 bits per heavy atom. The van der Waals surface area contributed by atoms with E-state index in [1.54, 1.807) is 6.92 Å². The van der Waals surface area contributed by atoms with Gasteiger partial charge in [-0.15, -0.1) is 0 Å². The lowest BCUT2D eigenvalue weighted by Gasteiger charge is -2.32. The van der Waals surface area contributed by atoms with E-state index in [1.807, 2.05) is 16.7 Å². The highest BCUT2D eigenvalue weighted by molar-refractivity contribution is 8.00. The quantitative estimate of drug-likeness (QED) is 0.899. The van der Waals surface area contributed by atoms with Gasteiger partial charge in [-0.1, -0.05) is 5.16 Å². The number of nitrogens with one attached hydrogen (secondary N) is 1. The normalized spacial score (nSPS) is 23.4. The lowest BCUT2D eigenvalue weighted by atomic mass is 9.95. The number of likely N-dealkylation sites (tertiary alicyclic amines) is 1. The van der Waals surface area contributed by atoms with Gasteiger partial charge in [0.15, 0.2) is 5.82 Å².